The van der Waals surface area contributed by atoms with Gasteiger partial charge in [-0.05, 0) is 12.8 Å². The van der Waals surface area contributed by atoms with Crippen molar-refractivity contribution in [3.63, 3.8) is 0 Å². The van der Waals surface area contributed by atoms with Gasteiger partial charge < -0.3 is 14.5 Å². The maximum Gasteiger partial charge on any atom is 0.314 e. The fraction of sp³-hybridized carbons (Fsp3) is 0.429. The molecule has 1 unspecified atom stereocenters. The molecule has 22 heavy (non-hydrogen) atoms. The standard InChI is InChI=1S/C14H14N4O4/c15-5-3-10-2-1-9(8-22-10)17-13-12(18(19)20)7-16-11-4-6-21-14(11)13/h4,6-7,9-10H,1-3,8H2,(H,16,17)/t9-,10?/m0/s1. The highest BCUT2D eigenvalue weighted by atomic mass is 16.6. The molecule has 3 heterocycles. The smallest absolute Gasteiger partial charge is 0.314 e. The number of nitriles is 1. The lowest BCUT2D eigenvalue weighted by Crippen LogP contribution is -2.34. The number of nitro groups is 1. The maximum atomic E-state index is 11.2. The van der Waals surface area contributed by atoms with E-state index in [0.717, 1.165) is 12.8 Å². The Hall–Kier alpha value is -2.66. The molecule has 0 aliphatic carbocycles. The molecule has 1 fully saturated rings. The topological polar surface area (TPSA) is 114 Å². The number of anilines is 1. The first-order chi connectivity index (χ1) is 10.7. The summed E-state index contributed by atoms with van der Waals surface area (Å²) in [4.78, 5) is 14.7. The molecule has 0 bridgehead atoms. The molecular formula is C14H14N4O4. The summed E-state index contributed by atoms with van der Waals surface area (Å²) in [6.07, 6.45) is 4.50. The molecule has 114 valence electrons. The number of nitrogens with zero attached hydrogens (tertiary/aromatic N) is 3. The Morgan fingerprint density at radius 2 is 2.41 bits per heavy atom. The van der Waals surface area contributed by atoms with Crippen LogP contribution in [0, 0.1) is 21.4 Å². The average molecular weight is 302 g/mol. The van der Waals surface area contributed by atoms with Crippen molar-refractivity contribution >= 4 is 22.5 Å². The number of fused-ring (bicyclic) bond motifs is 1. The van der Waals surface area contributed by atoms with E-state index >= 15 is 0 Å². The molecule has 3 rings (SSSR count). The average Bonchev–Trinajstić information content (AvgIpc) is 2.98. The Balaban J connectivity index is 1.82. The van der Waals surface area contributed by atoms with Crippen LogP contribution < -0.4 is 5.32 Å². The van der Waals surface area contributed by atoms with Crippen molar-refractivity contribution in [2.75, 3.05) is 11.9 Å². The van der Waals surface area contributed by atoms with Gasteiger partial charge in [-0.3, -0.25) is 10.1 Å². The number of aromatic nitrogens is 1. The summed E-state index contributed by atoms with van der Waals surface area (Å²) < 4.78 is 10.9. The number of pyridine rings is 1. The Morgan fingerprint density at radius 3 is 3.09 bits per heavy atom. The molecule has 0 amide bonds. The summed E-state index contributed by atoms with van der Waals surface area (Å²) in [7, 11) is 0. The van der Waals surface area contributed by atoms with Gasteiger partial charge in [0.15, 0.2) is 11.3 Å². The molecule has 1 aliphatic heterocycles. The summed E-state index contributed by atoms with van der Waals surface area (Å²) in [5.41, 5.74) is 1.13. The van der Waals surface area contributed by atoms with E-state index in [0.29, 0.717) is 29.8 Å². The van der Waals surface area contributed by atoms with Gasteiger partial charge in [-0.25, -0.2) is 4.98 Å². The van der Waals surface area contributed by atoms with Gasteiger partial charge in [0.25, 0.3) is 0 Å². The Labute approximate surface area is 125 Å². The van der Waals surface area contributed by atoms with E-state index in [1.54, 1.807) is 6.07 Å². The molecule has 2 aromatic heterocycles. The van der Waals surface area contributed by atoms with Crippen molar-refractivity contribution in [2.45, 2.75) is 31.4 Å². The number of ether oxygens (including phenoxy) is 1. The normalized spacial score (nSPS) is 21.4. The first kappa shape index (κ1) is 14.3. The molecule has 0 saturated carbocycles. The zero-order valence-electron chi connectivity index (χ0n) is 11.7. The van der Waals surface area contributed by atoms with Gasteiger partial charge in [0.1, 0.15) is 11.7 Å². The third-order valence-electron chi connectivity index (χ3n) is 3.69. The van der Waals surface area contributed by atoms with Crippen molar-refractivity contribution in [3.05, 3.63) is 28.6 Å². The number of furan rings is 1. The molecule has 0 radical (unpaired) electrons. The fourth-order valence-corrected chi connectivity index (χ4v) is 2.57. The van der Waals surface area contributed by atoms with Crippen LogP contribution in [0.25, 0.3) is 11.1 Å². The highest BCUT2D eigenvalue weighted by molar-refractivity contribution is 5.91. The van der Waals surface area contributed by atoms with E-state index in [9.17, 15) is 10.1 Å². The molecule has 2 atom stereocenters. The first-order valence-electron chi connectivity index (χ1n) is 6.94. The predicted octanol–water partition coefficient (Wildman–Crippen LogP) is 2.61. The first-order valence-corrected chi connectivity index (χ1v) is 6.94. The summed E-state index contributed by atoms with van der Waals surface area (Å²) in [5.74, 6) is 0. The fourth-order valence-electron chi connectivity index (χ4n) is 2.57. The van der Waals surface area contributed by atoms with Crippen LogP contribution >= 0.6 is 0 Å². The number of hydrogen-bond donors (Lipinski definition) is 1. The predicted molar refractivity (Wildman–Crippen MR) is 77.3 cm³/mol. The molecule has 2 aromatic rings. The van der Waals surface area contributed by atoms with Gasteiger partial charge in [0.05, 0.1) is 36.4 Å². The number of rotatable bonds is 4. The summed E-state index contributed by atoms with van der Waals surface area (Å²) in [5, 5.41) is 23.0. The zero-order valence-corrected chi connectivity index (χ0v) is 11.7. The largest absolute Gasteiger partial charge is 0.460 e. The molecule has 0 spiro atoms. The molecule has 0 aromatic carbocycles. The van der Waals surface area contributed by atoms with Gasteiger partial charge in [-0.15, -0.1) is 0 Å². The van der Waals surface area contributed by atoms with Crippen LogP contribution in [-0.2, 0) is 4.74 Å². The minimum atomic E-state index is -0.487. The van der Waals surface area contributed by atoms with Crippen LogP contribution in [0.4, 0.5) is 11.4 Å². The third kappa shape index (κ3) is 2.71. The second-order valence-corrected chi connectivity index (χ2v) is 5.15. The van der Waals surface area contributed by atoms with E-state index in [-0.39, 0.29) is 17.8 Å². The lowest BCUT2D eigenvalue weighted by Gasteiger charge is -2.28. The van der Waals surface area contributed by atoms with E-state index in [1.807, 2.05) is 0 Å². The molecular weight excluding hydrogens is 288 g/mol. The van der Waals surface area contributed by atoms with Crippen LogP contribution in [-0.4, -0.2) is 28.7 Å². The van der Waals surface area contributed by atoms with Crippen molar-refractivity contribution in [3.8, 4) is 6.07 Å². The minimum absolute atomic E-state index is 0.0564. The van der Waals surface area contributed by atoms with Gasteiger partial charge in [-0.2, -0.15) is 5.26 Å². The van der Waals surface area contributed by atoms with E-state index in [1.165, 1.54) is 12.5 Å². The molecule has 8 nitrogen and oxygen atoms in total. The number of nitrogens with one attached hydrogen (secondary N) is 1. The zero-order chi connectivity index (χ0) is 15.5. The van der Waals surface area contributed by atoms with Crippen LogP contribution in [0.3, 0.4) is 0 Å². The number of hydrogen-bond acceptors (Lipinski definition) is 7. The Kier molecular flexibility index (Phi) is 3.89. The minimum Gasteiger partial charge on any atom is -0.460 e. The van der Waals surface area contributed by atoms with E-state index < -0.39 is 4.92 Å². The third-order valence-corrected chi connectivity index (χ3v) is 3.69. The van der Waals surface area contributed by atoms with Gasteiger partial charge in [0.2, 0.25) is 0 Å². The maximum absolute atomic E-state index is 11.2. The van der Waals surface area contributed by atoms with Gasteiger partial charge in [-0.1, -0.05) is 0 Å². The van der Waals surface area contributed by atoms with Crippen LogP contribution in [0.5, 0.6) is 0 Å². The van der Waals surface area contributed by atoms with Crippen LogP contribution in [0.1, 0.15) is 19.3 Å². The van der Waals surface area contributed by atoms with Crippen molar-refractivity contribution < 1.29 is 14.1 Å². The Bertz CT molecular complexity index is 728. The van der Waals surface area contributed by atoms with Crippen LogP contribution in [0.15, 0.2) is 22.9 Å². The summed E-state index contributed by atoms with van der Waals surface area (Å²) in [6, 6.07) is 3.68. The van der Waals surface area contributed by atoms with Crippen molar-refractivity contribution in [1.82, 2.24) is 4.98 Å². The van der Waals surface area contributed by atoms with Crippen molar-refractivity contribution in [1.29, 1.82) is 5.26 Å². The van der Waals surface area contributed by atoms with E-state index in [2.05, 4.69) is 16.4 Å². The second kappa shape index (κ2) is 5.99. The SMILES string of the molecule is N#CCC1CC[C@H](Nc2c([N+](=O)[O-])cnc3ccoc23)CO1. The van der Waals surface area contributed by atoms with Gasteiger partial charge >= 0.3 is 5.69 Å². The quantitative estimate of drug-likeness (QED) is 0.681. The highest BCUT2D eigenvalue weighted by Gasteiger charge is 2.26. The second-order valence-electron chi connectivity index (χ2n) is 5.15. The lowest BCUT2D eigenvalue weighted by molar-refractivity contribution is -0.384. The molecule has 8 heteroatoms. The van der Waals surface area contributed by atoms with Gasteiger partial charge in [0, 0.05) is 12.1 Å². The molecule has 1 saturated heterocycles. The molecule has 1 aliphatic rings. The van der Waals surface area contributed by atoms with E-state index in [4.69, 9.17) is 14.4 Å². The summed E-state index contributed by atoms with van der Waals surface area (Å²) >= 11 is 0. The van der Waals surface area contributed by atoms with Crippen LogP contribution in [0.2, 0.25) is 0 Å². The highest BCUT2D eigenvalue weighted by Crippen LogP contribution is 2.33. The molecule has 1 N–H and O–H groups in total. The lowest BCUT2D eigenvalue weighted by atomic mass is 10.0. The van der Waals surface area contributed by atoms with Crippen molar-refractivity contribution in [2.24, 2.45) is 0 Å². The monoisotopic (exact) mass is 302 g/mol. The Morgan fingerprint density at radius 1 is 1.55 bits per heavy atom. The summed E-state index contributed by atoms with van der Waals surface area (Å²) in [6.45, 7) is 0.397.